The van der Waals surface area contributed by atoms with Crippen molar-refractivity contribution in [2.75, 3.05) is 12.4 Å². The molecule has 1 aliphatic heterocycles. The summed E-state index contributed by atoms with van der Waals surface area (Å²) in [6.07, 6.45) is 10.9. The van der Waals surface area contributed by atoms with Crippen molar-refractivity contribution in [3.05, 3.63) is 36.0 Å². The summed E-state index contributed by atoms with van der Waals surface area (Å²) in [5.74, 6) is 2.86. The Morgan fingerprint density at radius 3 is 2.79 bits per heavy atom. The van der Waals surface area contributed by atoms with Gasteiger partial charge in [-0.15, -0.1) is 11.6 Å². The van der Waals surface area contributed by atoms with Crippen LogP contribution in [-0.4, -0.2) is 40.2 Å². The fourth-order valence-corrected chi connectivity index (χ4v) is 9.03. The van der Waals surface area contributed by atoms with Gasteiger partial charge in [0.1, 0.15) is 5.82 Å². The van der Waals surface area contributed by atoms with Crippen LogP contribution in [0.5, 0.6) is 0 Å². The molecule has 0 bridgehead atoms. The third kappa shape index (κ3) is 3.70. The summed E-state index contributed by atoms with van der Waals surface area (Å²) in [6.45, 7) is 6.82. The number of carbonyl (C=O) groups excluding carboxylic acids is 2. The lowest BCUT2D eigenvalue weighted by atomic mass is 9.47. The minimum absolute atomic E-state index is 0.0354. The molecule has 1 aromatic heterocycles. The Balaban J connectivity index is 1.32. The molecule has 1 unspecified atom stereocenters. The van der Waals surface area contributed by atoms with Gasteiger partial charge in [-0.1, -0.05) is 32.9 Å². The van der Waals surface area contributed by atoms with E-state index < -0.39 is 0 Å². The highest BCUT2D eigenvalue weighted by Gasteiger charge is 2.62. The van der Waals surface area contributed by atoms with E-state index in [1.165, 1.54) is 6.42 Å². The van der Waals surface area contributed by atoms with Crippen LogP contribution in [0.2, 0.25) is 0 Å². The molecule has 184 valence electrons. The number of aryl methyl sites for hydroxylation is 1. The van der Waals surface area contributed by atoms with Crippen molar-refractivity contribution in [2.24, 2.45) is 34.5 Å². The topological polar surface area (TPSA) is 62.3 Å². The number of pyridine rings is 1. The molecule has 3 saturated carbocycles. The summed E-state index contributed by atoms with van der Waals surface area (Å²) < 4.78 is 0. The van der Waals surface area contributed by atoms with Crippen LogP contribution < -0.4 is 5.32 Å². The van der Waals surface area contributed by atoms with Crippen molar-refractivity contribution >= 4 is 29.2 Å². The molecule has 2 heterocycles. The Morgan fingerprint density at radius 2 is 2.03 bits per heavy atom. The smallest absolute Gasteiger partial charge is 0.246 e. The molecule has 8 atom stereocenters. The third-order valence-electron chi connectivity index (χ3n) is 10.1. The van der Waals surface area contributed by atoms with Gasteiger partial charge in [0.15, 0.2) is 0 Å². The molecular weight excluding hydrogens is 446 g/mol. The van der Waals surface area contributed by atoms with Gasteiger partial charge in [0.05, 0.1) is 11.4 Å². The number of carbonyl (C=O) groups is 2. The molecule has 0 saturated heterocycles. The summed E-state index contributed by atoms with van der Waals surface area (Å²) in [5, 5.41) is 3.02. The molecule has 1 aromatic rings. The SMILES string of the molecule is CCc1cccc(NC(=O)C[C@H]2CC[C@H]3[C@@H]4CC(Cl)[C@H]5N(C)C(=O)C=C[C@]5(C)[C@H]4CC[C@]23C)n1. The molecule has 0 aromatic carbocycles. The molecule has 0 radical (unpaired) electrons. The molecular formula is C28H38ClN3O2. The van der Waals surface area contributed by atoms with E-state index in [2.05, 4.69) is 37.1 Å². The predicted octanol–water partition coefficient (Wildman–Crippen LogP) is 5.45. The average Bonchev–Trinajstić information content (AvgIpc) is 3.13. The highest BCUT2D eigenvalue weighted by Crippen LogP contribution is 2.66. The van der Waals surface area contributed by atoms with Crippen molar-refractivity contribution in [1.82, 2.24) is 9.88 Å². The number of aromatic nitrogens is 1. The van der Waals surface area contributed by atoms with Gasteiger partial charge in [-0.3, -0.25) is 9.59 Å². The highest BCUT2D eigenvalue weighted by molar-refractivity contribution is 6.21. The van der Waals surface area contributed by atoms with E-state index >= 15 is 0 Å². The lowest BCUT2D eigenvalue weighted by molar-refractivity contribution is -0.138. The van der Waals surface area contributed by atoms with Crippen LogP contribution in [0.4, 0.5) is 5.82 Å². The Kier molecular flexibility index (Phi) is 6.07. The van der Waals surface area contributed by atoms with Gasteiger partial charge in [0, 0.05) is 24.6 Å². The maximum atomic E-state index is 13.0. The predicted molar refractivity (Wildman–Crippen MR) is 135 cm³/mol. The van der Waals surface area contributed by atoms with Crippen molar-refractivity contribution in [2.45, 2.75) is 77.1 Å². The fraction of sp³-hybridized carbons (Fsp3) is 0.679. The number of rotatable bonds is 4. The zero-order chi connectivity index (χ0) is 24.3. The van der Waals surface area contributed by atoms with Gasteiger partial charge >= 0.3 is 0 Å². The van der Waals surface area contributed by atoms with Crippen LogP contribution in [-0.2, 0) is 16.0 Å². The second kappa shape index (κ2) is 8.65. The zero-order valence-electron chi connectivity index (χ0n) is 20.9. The van der Waals surface area contributed by atoms with Crippen LogP contribution in [0, 0.1) is 34.5 Å². The van der Waals surface area contributed by atoms with E-state index in [0.29, 0.717) is 35.9 Å². The minimum atomic E-state index is -0.0786. The molecule has 34 heavy (non-hydrogen) atoms. The lowest BCUT2D eigenvalue weighted by Gasteiger charge is -2.61. The average molecular weight is 484 g/mol. The number of alkyl halides is 1. The largest absolute Gasteiger partial charge is 0.337 e. The van der Waals surface area contributed by atoms with E-state index in [4.69, 9.17) is 11.6 Å². The number of anilines is 1. The van der Waals surface area contributed by atoms with Crippen LogP contribution in [0.3, 0.4) is 0 Å². The van der Waals surface area contributed by atoms with Crippen LogP contribution >= 0.6 is 11.6 Å². The number of hydrogen-bond acceptors (Lipinski definition) is 3. The Bertz CT molecular complexity index is 1010. The Morgan fingerprint density at radius 1 is 1.24 bits per heavy atom. The monoisotopic (exact) mass is 483 g/mol. The minimum Gasteiger partial charge on any atom is -0.337 e. The quantitative estimate of drug-likeness (QED) is 0.579. The number of halogens is 1. The van der Waals surface area contributed by atoms with Crippen LogP contribution in [0.1, 0.15) is 65.0 Å². The molecule has 3 fully saturated rings. The molecule has 0 spiro atoms. The summed E-state index contributed by atoms with van der Waals surface area (Å²) >= 11 is 7.03. The molecule has 5 rings (SSSR count). The Hall–Kier alpha value is -1.88. The molecule has 1 N–H and O–H groups in total. The van der Waals surface area contributed by atoms with E-state index in [1.54, 1.807) is 6.08 Å². The first-order valence-corrected chi connectivity index (χ1v) is 13.5. The third-order valence-corrected chi connectivity index (χ3v) is 10.5. The number of amides is 2. The van der Waals surface area contributed by atoms with E-state index in [0.717, 1.165) is 37.8 Å². The lowest BCUT2D eigenvalue weighted by Crippen LogP contribution is -2.63. The molecule has 5 nitrogen and oxygen atoms in total. The zero-order valence-corrected chi connectivity index (χ0v) is 21.6. The van der Waals surface area contributed by atoms with E-state index in [-0.39, 0.29) is 34.1 Å². The molecule has 6 heteroatoms. The van der Waals surface area contributed by atoms with Gasteiger partial charge in [-0.05, 0) is 85.8 Å². The second-order valence-electron chi connectivity index (χ2n) is 11.7. The summed E-state index contributed by atoms with van der Waals surface area (Å²) in [5.41, 5.74) is 1.08. The molecule has 3 aliphatic carbocycles. The van der Waals surface area contributed by atoms with Gasteiger partial charge in [-0.25, -0.2) is 4.98 Å². The van der Waals surface area contributed by atoms with Gasteiger partial charge in [0.25, 0.3) is 0 Å². The molecule has 4 aliphatic rings. The first-order chi connectivity index (χ1) is 16.2. The second-order valence-corrected chi connectivity index (χ2v) is 12.2. The first kappa shape index (κ1) is 23.8. The van der Waals surface area contributed by atoms with Crippen LogP contribution in [0.25, 0.3) is 0 Å². The van der Waals surface area contributed by atoms with Gasteiger partial charge in [-0.2, -0.15) is 0 Å². The van der Waals surface area contributed by atoms with Crippen molar-refractivity contribution in [3.8, 4) is 0 Å². The number of hydrogen-bond donors (Lipinski definition) is 1. The van der Waals surface area contributed by atoms with E-state index in [9.17, 15) is 9.59 Å². The Labute approximate surface area is 208 Å². The van der Waals surface area contributed by atoms with Crippen molar-refractivity contribution in [1.29, 1.82) is 0 Å². The van der Waals surface area contributed by atoms with Crippen molar-refractivity contribution in [3.63, 3.8) is 0 Å². The van der Waals surface area contributed by atoms with Gasteiger partial charge in [0.2, 0.25) is 11.8 Å². The highest BCUT2D eigenvalue weighted by atomic mass is 35.5. The first-order valence-electron chi connectivity index (χ1n) is 13.0. The summed E-state index contributed by atoms with van der Waals surface area (Å²) in [7, 11) is 1.91. The fourth-order valence-electron chi connectivity index (χ4n) is 8.38. The number of likely N-dealkylation sites (N-methyl/N-ethyl adjacent to an activating group) is 1. The standard InChI is InChI=1S/C28H38ClN3O2/c1-5-18-7-6-8-23(30-18)31-24(33)15-17-9-10-20-19-16-22(29)26-28(3,14-12-25(34)32(26)4)21(19)11-13-27(17,20)2/h6-8,12,14,17,19-22,26H,5,9-11,13,15-16H2,1-4H3,(H,30,31,33)/t17-,19+,20+,21+,22?,26-,27-,28-/m1/s1. The van der Waals surface area contributed by atoms with Crippen LogP contribution in [0.15, 0.2) is 30.4 Å². The summed E-state index contributed by atoms with van der Waals surface area (Å²) in [6, 6.07) is 5.89. The maximum absolute atomic E-state index is 13.0. The number of fused-ring (bicyclic) bond motifs is 5. The van der Waals surface area contributed by atoms with Crippen molar-refractivity contribution < 1.29 is 9.59 Å². The maximum Gasteiger partial charge on any atom is 0.246 e. The number of nitrogens with one attached hydrogen (secondary N) is 1. The van der Waals surface area contributed by atoms with E-state index in [1.807, 2.05) is 30.1 Å². The normalized spacial score (nSPS) is 41.0. The number of nitrogens with zero attached hydrogens (tertiary/aromatic N) is 2. The summed E-state index contributed by atoms with van der Waals surface area (Å²) in [4.78, 5) is 31.8. The molecule has 2 amide bonds. The van der Waals surface area contributed by atoms with Gasteiger partial charge < -0.3 is 10.2 Å².